The highest BCUT2D eigenvalue weighted by Crippen LogP contribution is 2.26. The Morgan fingerprint density at radius 2 is 1.96 bits per heavy atom. The number of thioether (sulfide) groups is 1. The third kappa shape index (κ3) is 4.54. The van der Waals surface area contributed by atoms with Crippen LogP contribution < -0.4 is 5.32 Å². The van der Waals surface area contributed by atoms with Crippen LogP contribution in [0.3, 0.4) is 0 Å². The van der Waals surface area contributed by atoms with E-state index in [1.165, 1.54) is 17.3 Å². The molecule has 0 aliphatic rings. The maximum atomic E-state index is 12.2. The Kier molecular flexibility index (Phi) is 5.63. The molecular weight excluding hydrogens is 379 g/mol. The fraction of sp³-hybridized carbons (Fsp3) is 0.118. The van der Waals surface area contributed by atoms with Crippen molar-refractivity contribution in [2.45, 2.75) is 12.1 Å². The summed E-state index contributed by atoms with van der Waals surface area (Å²) in [6, 6.07) is 12.9. The first-order valence-electron chi connectivity index (χ1n) is 7.38. The van der Waals surface area contributed by atoms with E-state index in [9.17, 15) is 4.79 Å². The molecule has 0 atom stereocenters. The standard InChI is InChI=1S/C17H14Cl2N4OS/c1-11-2-5-13(6-3-11)23-10-20-22-17(23)25-9-16(24)21-15-7-4-12(18)8-14(15)19/h2-8,10H,9H2,1H3,(H,21,24). The van der Waals surface area contributed by atoms with Crippen LogP contribution in [0.25, 0.3) is 5.69 Å². The van der Waals surface area contributed by atoms with Gasteiger partial charge in [-0.2, -0.15) is 0 Å². The van der Waals surface area contributed by atoms with Crippen LogP contribution in [-0.2, 0) is 4.79 Å². The molecule has 0 saturated heterocycles. The van der Waals surface area contributed by atoms with Gasteiger partial charge in [0.1, 0.15) is 6.33 Å². The van der Waals surface area contributed by atoms with Crippen LogP contribution in [0.4, 0.5) is 5.69 Å². The molecule has 0 aliphatic heterocycles. The summed E-state index contributed by atoms with van der Waals surface area (Å²) < 4.78 is 1.84. The van der Waals surface area contributed by atoms with E-state index in [1.807, 2.05) is 35.8 Å². The van der Waals surface area contributed by atoms with Crippen molar-refractivity contribution in [2.24, 2.45) is 0 Å². The lowest BCUT2D eigenvalue weighted by atomic mass is 10.2. The van der Waals surface area contributed by atoms with Gasteiger partial charge < -0.3 is 5.32 Å². The Hall–Kier alpha value is -2.02. The van der Waals surface area contributed by atoms with Crippen LogP contribution in [-0.4, -0.2) is 26.4 Å². The summed E-state index contributed by atoms with van der Waals surface area (Å²) in [6.07, 6.45) is 1.63. The van der Waals surface area contributed by atoms with E-state index in [0.29, 0.717) is 20.9 Å². The first-order chi connectivity index (χ1) is 12.0. The van der Waals surface area contributed by atoms with Gasteiger partial charge in [0.05, 0.1) is 16.5 Å². The first-order valence-corrected chi connectivity index (χ1v) is 9.12. The number of halogens is 2. The lowest BCUT2D eigenvalue weighted by Gasteiger charge is -2.08. The molecule has 0 saturated carbocycles. The highest BCUT2D eigenvalue weighted by molar-refractivity contribution is 7.99. The number of nitrogens with one attached hydrogen (secondary N) is 1. The van der Waals surface area contributed by atoms with Crippen molar-refractivity contribution in [3.05, 3.63) is 64.4 Å². The number of aromatic nitrogens is 3. The highest BCUT2D eigenvalue weighted by atomic mass is 35.5. The van der Waals surface area contributed by atoms with Crippen LogP contribution in [0.15, 0.2) is 53.9 Å². The van der Waals surface area contributed by atoms with E-state index in [1.54, 1.807) is 24.5 Å². The highest BCUT2D eigenvalue weighted by Gasteiger charge is 2.11. The lowest BCUT2D eigenvalue weighted by molar-refractivity contribution is -0.113. The van der Waals surface area contributed by atoms with Crippen molar-refractivity contribution in [1.29, 1.82) is 0 Å². The molecule has 1 amide bonds. The summed E-state index contributed by atoms with van der Waals surface area (Å²) in [6.45, 7) is 2.03. The van der Waals surface area contributed by atoms with Crippen LogP contribution >= 0.6 is 35.0 Å². The number of carbonyl (C=O) groups excluding carboxylic acids is 1. The molecule has 5 nitrogen and oxygen atoms in total. The number of nitrogens with zero attached hydrogens (tertiary/aromatic N) is 3. The number of hydrogen-bond donors (Lipinski definition) is 1. The molecule has 0 unspecified atom stereocenters. The first kappa shape index (κ1) is 17.8. The number of aryl methyl sites for hydroxylation is 1. The van der Waals surface area contributed by atoms with E-state index >= 15 is 0 Å². The Morgan fingerprint density at radius 1 is 1.20 bits per heavy atom. The molecule has 3 rings (SSSR count). The van der Waals surface area contributed by atoms with E-state index in [4.69, 9.17) is 23.2 Å². The molecule has 1 N–H and O–H groups in total. The second-order valence-electron chi connectivity index (χ2n) is 5.28. The van der Waals surface area contributed by atoms with Crippen LogP contribution in [0.2, 0.25) is 10.0 Å². The Labute approximate surface area is 159 Å². The fourth-order valence-electron chi connectivity index (χ4n) is 2.11. The Morgan fingerprint density at radius 3 is 2.68 bits per heavy atom. The van der Waals surface area contributed by atoms with E-state index < -0.39 is 0 Å². The van der Waals surface area contributed by atoms with Gasteiger partial charge in [-0.1, -0.05) is 52.7 Å². The summed E-state index contributed by atoms with van der Waals surface area (Å²) in [7, 11) is 0. The minimum Gasteiger partial charge on any atom is -0.324 e. The molecule has 128 valence electrons. The average Bonchev–Trinajstić information content (AvgIpc) is 3.05. The molecule has 25 heavy (non-hydrogen) atoms. The summed E-state index contributed by atoms with van der Waals surface area (Å²) in [5.41, 5.74) is 2.64. The van der Waals surface area contributed by atoms with Crippen molar-refractivity contribution in [3.8, 4) is 5.69 Å². The third-order valence-electron chi connectivity index (χ3n) is 3.37. The zero-order valence-electron chi connectivity index (χ0n) is 13.2. The maximum absolute atomic E-state index is 12.2. The van der Waals surface area contributed by atoms with Crippen LogP contribution in [0, 0.1) is 6.92 Å². The van der Waals surface area contributed by atoms with Gasteiger partial charge in [-0.25, -0.2) is 0 Å². The van der Waals surface area contributed by atoms with Crippen LogP contribution in [0.1, 0.15) is 5.56 Å². The quantitative estimate of drug-likeness (QED) is 0.643. The molecule has 0 bridgehead atoms. The SMILES string of the molecule is Cc1ccc(-n2cnnc2SCC(=O)Nc2ccc(Cl)cc2Cl)cc1. The normalized spacial score (nSPS) is 10.7. The second kappa shape index (κ2) is 7.91. The van der Waals surface area contributed by atoms with Crippen molar-refractivity contribution in [3.63, 3.8) is 0 Å². The molecule has 1 heterocycles. The van der Waals surface area contributed by atoms with Gasteiger partial charge in [0.25, 0.3) is 0 Å². The van der Waals surface area contributed by atoms with Crippen molar-refractivity contribution >= 4 is 46.6 Å². The molecule has 0 radical (unpaired) electrons. The smallest absolute Gasteiger partial charge is 0.234 e. The maximum Gasteiger partial charge on any atom is 0.234 e. The van der Waals surface area contributed by atoms with Gasteiger partial charge in [0.15, 0.2) is 5.16 Å². The van der Waals surface area contributed by atoms with Gasteiger partial charge in [0.2, 0.25) is 5.91 Å². The van der Waals surface area contributed by atoms with Crippen LogP contribution in [0.5, 0.6) is 0 Å². The molecule has 1 aromatic heterocycles. The molecular formula is C17H14Cl2N4OS. The molecule has 0 fully saturated rings. The number of amides is 1. The van der Waals surface area contributed by atoms with Gasteiger partial charge in [-0.3, -0.25) is 9.36 Å². The predicted octanol–water partition coefficient (Wildman–Crippen LogP) is 4.61. The molecule has 0 spiro atoms. The zero-order chi connectivity index (χ0) is 17.8. The minimum absolute atomic E-state index is 0.184. The van der Waals surface area contributed by atoms with Gasteiger partial charge in [-0.15, -0.1) is 10.2 Å². The number of hydrogen-bond acceptors (Lipinski definition) is 4. The average molecular weight is 393 g/mol. The predicted molar refractivity (Wildman–Crippen MR) is 102 cm³/mol. The number of anilines is 1. The van der Waals surface area contributed by atoms with Gasteiger partial charge in [-0.05, 0) is 37.3 Å². The molecule has 8 heteroatoms. The molecule has 2 aromatic carbocycles. The summed E-state index contributed by atoms with van der Waals surface area (Å²) >= 11 is 13.2. The number of rotatable bonds is 5. The zero-order valence-corrected chi connectivity index (χ0v) is 15.6. The van der Waals surface area contributed by atoms with Gasteiger partial charge in [0, 0.05) is 10.7 Å². The second-order valence-corrected chi connectivity index (χ2v) is 7.07. The lowest BCUT2D eigenvalue weighted by Crippen LogP contribution is -2.14. The minimum atomic E-state index is -0.187. The van der Waals surface area contributed by atoms with Gasteiger partial charge >= 0.3 is 0 Å². The number of benzene rings is 2. The third-order valence-corrected chi connectivity index (χ3v) is 4.86. The monoisotopic (exact) mass is 392 g/mol. The Bertz CT molecular complexity index is 896. The largest absolute Gasteiger partial charge is 0.324 e. The number of carbonyl (C=O) groups is 1. The van der Waals surface area contributed by atoms with Crippen molar-refractivity contribution in [2.75, 3.05) is 11.1 Å². The Balaban J connectivity index is 1.65. The summed E-state index contributed by atoms with van der Waals surface area (Å²) in [5, 5.41) is 12.3. The topological polar surface area (TPSA) is 59.8 Å². The van der Waals surface area contributed by atoms with E-state index in [-0.39, 0.29) is 11.7 Å². The van der Waals surface area contributed by atoms with Crippen molar-refractivity contribution in [1.82, 2.24) is 14.8 Å². The van der Waals surface area contributed by atoms with Crippen molar-refractivity contribution < 1.29 is 4.79 Å². The summed E-state index contributed by atoms with van der Waals surface area (Å²) in [5.74, 6) is -0.00330. The van der Waals surface area contributed by atoms with E-state index in [2.05, 4.69) is 15.5 Å². The molecule has 3 aromatic rings. The summed E-state index contributed by atoms with van der Waals surface area (Å²) in [4.78, 5) is 12.2. The molecule has 0 aliphatic carbocycles. The fourth-order valence-corrected chi connectivity index (χ4v) is 3.30. The van der Waals surface area contributed by atoms with E-state index in [0.717, 1.165) is 5.69 Å².